The van der Waals surface area contributed by atoms with Crippen molar-refractivity contribution in [3.05, 3.63) is 35.4 Å². The fourth-order valence-corrected chi connectivity index (χ4v) is 3.59. The molecule has 1 aliphatic carbocycles. The first-order valence-electron chi connectivity index (χ1n) is 7.77. The lowest BCUT2D eigenvalue weighted by Gasteiger charge is -2.40. The smallest absolute Gasteiger partial charge is 0.0468 e. The van der Waals surface area contributed by atoms with E-state index < -0.39 is 0 Å². The molecule has 1 N–H and O–H groups in total. The Morgan fingerprint density at radius 1 is 1.11 bits per heavy atom. The van der Waals surface area contributed by atoms with E-state index in [9.17, 15) is 0 Å². The maximum atomic E-state index is 3.79. The minimum atomic E-state index is 0.330. The first-order chi connectivity index (χ1) is 9.17. The van der Waals surface area contributed by atoms with Gasteiger partial charge in [-0.15, -0.1) is 0 Å². The molecule has 1 aliphatic heterocycles. The number of hydrogen-bond donors (Lipinski definition) is 1. The molecule has 1 aromatic carbocycles. The lowest BCUT2D eigenvalue weighted by molar-refractivity contribution is 0.117. The summed E-state index contributed by atoms with van der Waals surface area (Å²) >= 11 is 0. The Kier molecular flexibility index (Phi) is 3.64. The zero-order valence-electron chi connectivity index (χ0n) is 12.3. The Morgan fingerprint density at radius 3 is 2.63 bits per heavy atom. The lowest BCUT2D eigenvalue weighted by atomic mass is 9.71. The van der Waals surface area contributed by atoms with Crippen LogP contribution in [0.2, 0.25) is 0 Å². The van der Waals surface area contributed by atoms with Gasteiger partial charge in [0.15, 0.2) is 0 Å². The number of hydrazine groups is 1. The van der Waals surface area contributed by atoms with Crippen molar-refractivity contribution in [2.75, 3.05) is 13.1 Å². The van der Waals surface area contributed by atoms with Crippen molar-refractivity contribution in [2.24, 2.45) is 0 Å². The van der Waals surface area contributed by atoms with Crippen molar-refractivity contribution in [1.29, 1.82) is 0 Å². The van der Waals surface area contributed by atoms with Crippen molar-refractivity contribution in [1.82, 2.24) is 10.4 Å². The number of benzene rings is 1. The molecule has 2 aliphatic rings. The summed E-state index contributed by atoms with van der Waals surface area (Å²) in [5, 5.41) is 2.45. The standard InChI is InChI=1S/C17H26N2/c1-17(2)11-10-16(14-8-4-5-9-15(14)17)18-19-12-6-3-7-13-19/h4-5,8-9,16,18H,3,6-7,10-13H2,1-2H3. The first-order valence-corrected chi connectivity index (χ1v) is 7.77. The maximum absolute atomic E-state index is 3.79. The van der Waals surface area contributed by atoms with Crippen LogP contribution in [0.25, 0.3) is 0 Å². The molecular formula is C17H26N2. The molecule has 1 atom stereocenters. The van der Waals surface area contributed by atoms with Gasteiger partial charge in [-0.25, -0.2) is 10.4 Å². The number of nitrogens with one attached hydrogen (secondary N) is 1. The van der Waals surface area contributed by atoms with E-state index in [-0.39, 0.29) is 0 Å². The number of hydrogen-bond acceptors (Lipinski definition) is 2. The summed E-state index contributed by atoms with van der Waals surface area (Å²) in [5.74, 6) is 0. The van der Waals surface area contributed by atoms with Crippen LogP contribution >= 0.6 is 0 Å². The third-order valence-corrected chi connectivity index (χ3v) is 4.82. The molecule has 1 unspecified atom stereocenters. The molecule has 0 aromatic heterocycles. The van der Waals surface area contributed by atoms with E-state index in [0.717, 1.165) is 0 Å². The molecule has 1 saturated heterocycles. The average molecular weight is 258 g/mol. The summed E-state index contributed by atoms with van der Waals surface area (Å²) < 4.78 is 0. The molecule has 0 saturated carbocycles. The summed E-state index contributed by atoms with van der Waals surface area (Å²) in [7, 11) is 0. The van der Waals surface area contributed by atoms with Crippen molar-refractivity contribution >= 4 is 0 Å². The Hall–Kier alpha value is -0.860. The minimum absolute atomic E-state index is 0.330. The summed E-state index contributed by atoms with van der Waals surface area (Å²) in [4.78, 5) is 0. The second-order valence-electron chi connectivity index (χ2n) is 6.74. The molecule has 1 aromatic rings. The average Bonchev–Trinajstić information content (AvgIpc) is 2.44. The quantitative estimate of drug-likeness (QED) is 0.868. The molecular weight excluding hydrogens is 232 g/mol. The third kappa shape index (κ3) is 2.70. The van der Waals surface area contributed by atoms with E-state index in [1.807, 2.05) is 0 Å². The van der Waals surface area contributed by atoms with Gasteiger partial charge in [-0.05, 0) is 42.2 Å². The van der Waals surface area contributed by atoms with Gasteiger partial charge in [0.05, 0.1) is 0 Å². The van der Waals surface area contributed by atoms with Gasteiger partial charge in [-0.1, -0.05) is 44.5 Å². The number of piperidine rings is 1. The third-order valence-electron chi connectivity index (χ3n) is 4.82. The highest BCUT2D eigenvalue weighted by Crippen LogP contribution is 2.41. The predicted octanol–water partition coefficient (Wildman–Crippen LogP) is 3.79. The molecule has 2 heteroatoms. The van der Waals surface area contributed by atoms with Gasteiger partial charge in [-0.2, -0.15) is 0 Å². The Balaban J connectivity index is 1.80. The van der Waals surface area contributed by atoms with Crippen LogP contribution in [0.3, 0.4) is 0 Å². The van der Waals surface area contributed by atoms with Crippen LogP contribution in [0, 0.1) is 0 Å². The summed E-state index contributed by atoms with van der Waals surface area (Å²) in [6.45, 7) is 7.18. The van der Waals surface area contributed by atoms with Gasteiger partial charge < -0.3 is 0 Å². The highest BCUT2D eigenvalue weighted by Gasteiger charge is 2.32. The topological polar surface area (TPSA) is 15.3 Å². The van der Waals surface area contributed by atoms with E-state index in [0.29, 0.717) is 11.5 Å². The summed E-state index contributed by atoms with van der Waals surface area (Å²) in [5.41, 5.74) is 7.17. The zero-order valence-corrected chi connectivity index (χ0v) is 12.3. The van der Waals surface area contributed by atoms with E-state index in [1.165, 1.54) is 56.3 Å². The molecule has 0 bridgehead atoms. The van der Waals surface area contributed by atoms with Crippen molar-refractivity contribution < 1.29 is 0 Å². The van der Waals surface area contributed by atoms with Gasteiger partial charge >= 0.3 is 0 Å². The normalized spacial score (nSPS) is 26.9. The fourth-order valence-electron chi connectivity index (χ4n) is 3.59. The summed E-state index contributed by atoms with van der Waals surface area (Å²) in [6, 6.07) is 9.52. The molecule has 1 heterocycles. The molecule has 0 amide bonds. The van der Waals surface area contributed by atoms with Gasteiger partial charge in [-0.3, -0.25) is 0 Å². The predicted molar refractivity (Wildman–Crippen MR) is 80.0 cm³/mol. The second-order valence-corrected chi connectivity index (χ2v) is 6.74. The van der Waals surface area contributed by atoms with E-state index in [1.54, 1.807) is 0 Å². The Bertz CT molecular complexity index is 433. The van der Waals surface area contributed by atoms with Crippen LogP contribution in [-0.4, -0.2) is 18.1 Å². The van der Waals surface area contributed by atoms with Crippen LogP contribution in [0.4, 0.5) is 0 Å². The summed E-state index contributed by atoms with van der Waals surface area (Å²) in [6.07, 6.45) is 6.60. The Morgan fingerprint density at radius 2 is 1.84 bits per heavy atom. The molecule has 0 radical (unpaired) electrons. The number of nitrogens with zero attached hydrogens (tertiary/aromatic N) is 1. The van der Waals surface area contributed by atoms with Gasteiger partial charge in [0.2, 0.25) is 0 Å². The SMILES string of the molecule is CC1(C)CCC(NN2CCCCC2)c2ccccc21. The van der Waals surface area contributed by atoms with Crippen molar-refractivity contribution in [3.63, 3.8) is 0 Å². The molecule has 2 nitrogen and oxygen atoms in total. The molecule has 1 fully saturated rings. The van der Waals surface area contributed by atoms with Gasteiger partial charge in [0, 0.05) is 19.1 Å². The maximum Gasteiger partial charge on any atom is 0.0468 e. The number of rotatable bonds is 2. The lowest BCUT2D eigenvalue weighted by Crippen LogP contribution is -2.45. The van der Waals surface area contributed by atoms with Crippen molar-refractivity contribution in [3.8, 4) is 0 Å². The zero-order chi connectivity index (χ0) is 13.3. The van der Waals surface area contributed by atoms with Crippen LogP contribution in [0.1, 0.15) is 63.1 Å². The molecule has 19 heavy (non-hydrogen) atoms. The monoisotopic (exact) mass is 258 g/mol. The molecule has 0 spiro atoms. The van der Waals surface area contributed by atoms with Crippen LogP contribution in [0.15, 0.2) is 24.3 Å². The van der Waals surface area contributed by atoms with E-state index in [2.05, 4.69) is 48.5 Å². The van der Waals surface area contributed by atoms with Crippen LogP contribution in [-0.2, 0) is 5.41 Å². The van der Waals surface area contributed by atoms with Crippen LogP contribution in [0.5, 0.6) is 0 Å². The molecule has 104 valence electrons. The van der Waals surface area contributed by atoms with Gasteiger partial charge in [0.25, 0.3) is 0 Å². The van der Waals surface area contributed by atoms with Crippen molar-refractivity contribution in [2.45, 2.75) is 57.4 Å². The minimum Gasteiger partial charge on any atom is -0.248 e. The van der Waals surface area contributed by atoms with Crippen LogP contribution < -0.4 is 5.43 Å². The first kappa shape index (κ1) is 13.1. The number of fused-ring (bicyclic) bond motifs is 1. The Labute approximate surface area is 117 Å². The highest BCUT2D eigenvalue weighted by molar-refractivity contribution is 5.37. The van der Waals surface area contributed by atoms with E-state index in [4.69, 9.17) is 0 Å². The molecule has 3 rings (SSSR count). The van der Waals surface area contributed by atoms with Gasteiger partial charge in [0.1, 0.15) is 0 Å². The fraction of sp³-hybridized carbons (Fsp3) is 0.647. The second kappa shape index (κ2) is 5.26. The largest absolute Gasteiger partial charge is 0.248 e. The van der Waals surface area contributed by atoms with E-state index >= 15 is 0 Å². The highest BCUT2D eigenvalue weighted by atomic mass is 15.5.